The van der Waals surface area contributed by atoms with E-state index in [-0.39, 0.29) is 22.5 Å². The summed E-state index contributed by atoms with van der Waals surface area (Å²) in [6.07, 6.45) is 0.460. The van der Waals surface area contributed by atoms with Crippen molar-refractivity contribution in [2.75, 3.05) is 5.75 Å². The molecule has 23 heavy (non-hydrogen) atoms. The quantitative estimate of drug-likeness (QED) is 0.727. The van der Waals surface area contributed by atoms with Gasteiger partial charge in [-0.15, -0.1) is 0 Å². The summed E-state index contributed by atoms with van der Waals surface area (Å²) in [4.78, 5) is 22.5. The molecule has 0 amide bonds. The first-order valence-electron chi connectivity index (χ1n) is 7.27. The first-order valence-corrected chi connectivity index (χ1v) is 8.79. The van der Waals surface area contributed by atoms with E-state index in [1.807, 2.05) is 54.6 Å². The molecule has 0 aliphatic carbocycles. The minimum absolute atomic E-state index is 0.0396. The predicted molar refractivity (Wildman–Crippen MR) is 97.9 cm³/mol. The summed E-state index contributed by atoms with van der Waals surface area (Å²) in [5.41, 5.74) is 3.18. The highest BCUT2D eigenvalue weighted by molar-refractivity contribution is 8.14. The van der Waals surface area contributed by atoms with Crippen LogP contribution in [0.15, 0.2) is 54.6 Å². The van der Waals surface area contributed by atoms with Gasteiger partial charge in [-0.3, -0.25) is 9.59 Å². The number of hydrogen-bond donors (Lipinski definition) is 2. The van der Waals surface area contributed by atoms with Gasteiger partial charge >= 0.3 is 5.97 Å². The van der Waals surface area contributed by atoms with Gasteiger partial charge in [0.25, 0.3) is 0 Å². The minimum atomic E-state index is -0.852. The molecule has 0 saturated heterocycles. The van der Waals surface area contributed by atoms with Crippen molar-refractivity contribution in [2.45, 2.75) is 18.1 Å². The third kappa shape index (κ3) is 5.44. The molecule has 0 aliphatic rings. The van der Waals surface area contributed by atoms with Crippen LogP contribution in [0.25, 0.3) is 11.1 Å². The van der Waals surface area contributed by atoms with Crippen molar-refractivity contribution in [3.8, 4) is 11.1 Å². The average Bonchev–Trinajstić information content (AvgIpc) is 2.59. The van der Waals surface area contributed by atoms with E-state index < -0.39 is 5.97 Å². The molecule has 2 aromatic carbocycles. The summed E-state index contributed by atoms with van der Waals surface area (Å²) in [6, 6.07) is 18.0. The molecular formula is C18H18O3S2. The summed E-state index contributed by atoms with van der Waals surface area (Å²) >= 11 is 5.15. The Bertz CT molecular complexity index is 654. The van der Waals surface area contributed by atoms with E-state index in [2.05, 4.69) is 12.6 Å². The zero-order valence-electron chi connectivity index (χ0n) is 12.5. The number of carboxylic acid groups (broad SMARTS) is 1. The molecule has 0 bridgehead atoms. The Hall–Kier alpha value is -1.72. The van der Waals surface area contributed by atoms with Crippen LogP contribution in [0.3, 0.4) is 0 Å². The fourth-order valence-corrected chi connectivity index (χ4v) is 3.41. The summed E-state index contributed by atoms with van der Waals surface area (Å²) in [5, 5.41) is 8.68. The highest BCUT2D eigenvalue weighted by Gasteiger charge is 2.17. The van der Waals surface area contributed by atoms with Crippen molar-refractivity contribution in [2.24, 2.45) is 0 Å². The third-order valence-corrected chi connectivity index (χ3v) is 5.11. The van der Waals surface area contributed by atoms with Crippen LogP contribution in [0.1, 0.15) is 23.7 Å². The van der Waals surface area contributed by atoms with Crippen LogP contribution in [0.5, 0.6) is 0 Å². The number of thiol groups is 1. The maximum Gasteiger partial charge on any atom is 0.303 e. The van der Waals surface area contributed by atoms with E-state index in [1.54, 1.807) is 0 Å². The Kier molecular flexibility index (Phi) is 6.74. The van der Waals surface area contributed by atoms with Crippen molar-refractivity contribution in [1.82, 2.24) is 0 Å². The number of benzene rings is 2. The lowest BCUT2D eigenvalue weighted by Crippen LogP contribution is -2.04. The van der Waals surface area contributed by atoms with Gasteiger partial charge in [0.15, 0.2) is 5.12 Å². The summed E-state index contributed by atoms with van der Waals surface area (Å²) in [5.74, 6) is -0.703. The molecule has 0 saturated carbocycles. The van der Waals surface area contributed by atoms with Gasteiger partial charge in [-0.05, 0) is 23.1 Å². The maximum atomic E-state index is 11.7. The SMILES string of the molecule is O=C(O)CCC(SC(=O)CS)c1ccc(-c2ccccc2)cc1. The number of hydrogen-bond acceptors (Lipinski definition) is 4. The van der Waals surface area contributed by atoms with Crippen molar-refractivity contribution >= 4 is 35.5 Å². The van der Waals surface area contributed by atoms with Gasteiger partial charge in [-0.2, -0.15) is 12.6 Å². The molecule has 1 atom stereocenters. The summed E-state index contributed by atoms with van der Waals surface area (Å²) < 4.78 is 0. The molecule has 2 aromatic rings. The molecule has 0 aromatic heterocycles. The summed E-state index contributed by atoms with van der Waals surface area (Å²) in [7, 11) is 0. The molecular weight excluding hydrogens is 328 g/mol. The van der Waals surface area contributed by atoms with Gasteiger partial charge in [0.1, 0.15) is 0 Å². The van der Waals surface area contributed by atoms with Crippen LogP contribution in [-0.2, 0) is 9.59 Å². The topological polar surface area (TPSA) is 54.4 Å². The molecule has 0 spiro atoms. The van der Waals surface area contributed by atoms with Crippen LogP contribution in [-0.4, -0.2) is 21.9 Å². The molecule has 0 heterocycles. The van der Waals surface area contributed by atoms with Gasteiger partial charge in [0.2, 0.25) is 0 Å². The Balaban J connectivity index is 2.17. The second kappa shape index (κ2) is 8.79. The van der Waals surface area contributed by atoms with Gasteiger partial charge in [0, 0.05) is 11.7 Å². The number of carbonyl (C=O) groups excluding carboxylic acids is 1. The lowest BCUT2D eigenvalue weighted by Gasteiger charge is -2.15. The van der Waals surface area contributed by atoms with E-state index in [0.29, 0.717) is 6.42 Å². The van der Waals surface area contributed by atoms with Crippen molar-refractivity contribution in [3.63, 3.8) is 0 Å². The van der Waals surface area contributed by atoms with Crippen molar-refractivity contribution < 1.29 is 14.7 Å². The van der Waals surface area contributed by atoms with Gasteiger partial charge < -0.3 is 5.11 Å². The average molecular weight is 346 g/mol. The maximum absolute atomic E-state index is 11.7. The fourth-order valence-electron chi connectivity index (χ4n) is 2.26. The second-order valence-electron chi connectivity index (χ2n) is 5.06. The number of aliphatic carboxylic acids is 1. The van der Waals surface area contributed by atoms with Crippen LogP contribution in [0.4, 0.5) is 0 Å². The molecule has 0 aliphatic heterocycles. The zero-order chi connectivity index (χ0) is 16.7. The summed E-state index contributed by atoms with van der Waals surface area (Å²) in [6.45, 7) is 0. The smallest absolute Gasteiger partial charge is 0.303 e. The standard InChI is InChI=1S/C18H18O3S2/c19-17(20)11-10-16(23-18(21)12-22)15-8-6-14(7-9-15)13-4-2-1-3-5-13/h1-9,16,22H,10-12H2,(H,19,20). The van der Waals surface area contributed by atoms with Gasteiger partial charge in [-0.1, -0.05) is 66.4 Å². The number of carboxylic acids is 1. The number of thioether (sulfide) groups is 1. The highest BCUT2D eigenvalue weighted by atomic mass is 32.2. The normalized spacial score (nSPS) is 11.9. The first-order chi connectivity index (χ1) is 11.1. The predicted octanol–water partition coefficient (Wildman–Crippen LogP) is 4.45. The molecule has 1 unspecified atom stereocenters. The molecule has 1 N–H and O–H groups in total. The third-order valence-electron chi connectivity index (χ3n) is 3.41. The molecule has 0 radical (unpaired) electrons. The zero-order valence-corrected chi connectivity index (χ0v) is 14.2. The Morgan fingerprint density at radius 2 is 1.61 bits per heavy atom. The molecule has 2 rings (SSSR count). The lowest BCUT2D eigenvalue weighted by molar-refractivity contribution is -0.137. The van der Waals surface area contributed by atoms with E-state index in [1.165, 1.54) is 0 Å². The van der Waals surface area contributed by atoms with Crippen LogP contribution < -0.4 is 0 Å². The number of carbonyl (C=O) groups is 2. The lowest BCUT2D eigenvalue weighted by atomic mass is 10.0. The van der Waals surface area contributed by atoms with E-state index in [4.69, 9.17) is 5.11 Å². The van der Waals surface area contributed by atoms with Gasteiger partial charge in [-0.25, -0.2) is 0 Å². The van der Waals surface area contributed by atoms with Crippen molar-refractivity contribution in [3.05, 3.63) is 60.2 Å². The molecule has 5 heteroatoms. The van der Waals surface area contributed by atoms with Crippen LogP contribution in [0, 0.1) is 0 Å². The van der Waals surface area contributed by atoms with Crippen molar-refractivity contribution in [1.29, 1.82) is 0 Å². The second-order valence-corrected chi connectivity index (χ2v) is 6.63. The Labute approximate surface area is 145 Å². The monoisotopic (exact) mass is 346 g/mol. The van der Waals surface area contributed by atoms with Gasteiger partial charge in [0.05, 0.1) is 5.75 Å². The first kappa shape index (κ1) is 17.6. The molecule has 3 nitrogen and oxygen atoms in total. The molecule has 120 valence electrons. The van der Waals surface area contributed by atoms with E-state index >= 15 is 0 Å². The van der Waals surface area contributed by atoms with Crippen LogP contribution >= 0.6 is 24.4 Å². The minimum Gasteiger partial charge on any atom is -0.481 e. The number of rotatable bonds is 7. The Morgan fingerprint density at radius 3 is 2.17 bits per heavy atom. The van der Waals surface area contributed by atoms with E-state index in [0.717, 1.165) is 28.5 Å². The van der Waals surface area contributed by atoms with E-state index in [9.17, 15) is 9.59 Å². The fraction of sp³-hybridized carbons (Fsp3) is 0.222. The highest BCUT2D eigenvalue weighted by Crippen LogP contribution is 2.35. The Morgan fingerprint density at radius 1 is 1.00 bits per heavy atom. The van der Waals surface area contributed by atoms with Crippen LogP contribution in [0.2, 0.25) is 0 Å². The largest absolute Gasteiger partial charge is 0.481 e. The molecule has 0 fully saturated rings.